The van der Waals surface area contributed by atoms with E-state index in [4.69, 9.17) is 5.41 Å². The second-order valence-electron chi connectivity index (χ2n) is 9.46. The van der Waals surface area contributed by atoms with Gasteiger partial charge in [-0.2, -0.15) is 0 Å². The summed E-state index contributed by atoms with van der Waals surface area (Å²) in [4.78, 5) is 2.41. The van der Waals surface area contributed by atoms with Crippen LogP contribution in [-0.4, -0.2) is 38.8 Å². The molecular formula is C25H34FN3O2S2. The first-order valence-corrected chi connectivity index (χ1v) is 14.3. The van der Waals surface area contributed by atoms with Crippen LogP contribution in [0.4, 0.5) is 4.39 Å². The highest BCUT2D eigenvalue weighted by atomic mass is 32.2. The molecule has 1 aromatic heterocycles. The molecular weight excluding hydrogens is 457 g/mol. The maximum Gasteiger partial charge on any atom is 0.249 e. The highest BCUT2D eigenvalue weighted by molar-refractivity contribution is 7.91. The SMILES string of the molecule is CNS(=O)(=O)c1cccs1.Cc1cc2c(cc1F)CCC1C2CC(=N)N1CC1CCCCC1. The standard InChI is InChI=1S/C20H27FN2.C5H7NO2S2/c1-13-9-16-15(10-18(13)21)7-8-19-17(16)11-20(22)23(19)12-14-5-3-2-4-6-14;1-6-10(7,8)5-3-2-4-9-5/h9-10,14,17,19,22H,2-8,11-12H2,1H3;2-4,6H,1H3. The van der Waals surface area contributed by atoms with Crippen molar-refractivity contribution in [3.05, 3.63) is 52.2 Å². The molecule has 2 aliphatic carbocycles. The van der Waals surface area contributed by atoms with Crippen LogP contribution < -0.4 is 4.72 Å². The Bertz CT molecular complexity index is 1080. The number of sulfonamides is 1. The number of rotatable bonds is 4. The van der Waals surface area contributed by atoms with Crippen molar-refractivity contribution in [3.8, 4) is 0 Å². The summed E-state index contributed by atoms with van der Waals surface area (Å²) >= 11 is 1.20. The molecule has 2 heterocycles. The van der Waals surface area contributed by atoms with Crippen molar-refractivity contribution in [3.63, 3.8) is 0 Å². The summed E-state index contributed by atoms with van der Waals surface area (Å²) in [5, 5.41) is 10.2. The van der Waals surface area contributed by atoms with Gasteiger partial charge in [-0.05, 0) is 79.8 Å². The van der Waals surface area contributed by atoms with Crippen LogP contribution in [0.5, 0.6) is 0 Å². The third kappa shape index (κ3) is 5.33. The minimum Gasteiger partial charge on any atom is -0.357 e. The Hall–Kier alpha value is -1.77. The van der Waals surface area contributed by atoms with Gasteiger partial charge in [-0.1, -0.05) is 31.4 Å². The van der Waals surface area contributed by atoms with Gasteiger partial charge in [0, 0.05) is 24.9 Å². The monoisotopic (exact) mass is 491 g/mol. The zero-order valence-corrected chi connectivity index (χ0v) is 21.1. The third-order valence-corrected chi connectivity index (χ3v) is 10.2. The minimum absolute atomic E-state index is 0.0747. The molecule has 1 saturated heterocycles. The number of nitrogens with zero attached hydrogens (tertiary/aromatic N) is 1. The van der Waals surface area contributed by atoms with E-state index in [9.17, 15) is 12.8 Å². The van der Waals surface area contributed by atoms with Crippen LogP contribution in [0.25, 0.3) is 0 Å². The number of aryl methyl sites for hydroxylation is 2. The van der Waals surface area contributed by atoms with Gasteiger partial charge in [-0.3, -0.25) is 5.41 Å². The molecule has 0 amide bonds. The third-order valence-electron chi connectivity index (χ3n) is 7.36. The number of amidine groups is 1. The maximum atomic E-state index is 13.9. The van der Waals surface area contributed by atoms with Crippen molar-refractivity contribution in [2.75, 3.05) is 13.6 Å². The predicted molar refractivity (Wildman–Crippen MR) is 132 cm³/mol. The summed E-state index contributed by atoms with van der Waals surface area (Å²) < 4.78 is 38.4. The molecule has 5 rings (SSSR count). The molecule has 2 N–H and O–H groups in total. The first-order valence-electron chi connectivity index (χ1n) is 11.9. The molecule has 0 radical (unpaired) electrons. The largest absolute Gasteiger partial charge is 0.357 e. The van der Waals surface area contributed by atoms with Gasteiger partial charge < -0.3 is 4.90 Å². The van der Waals surface area contributed by atoms with Gasteiger partial charge in [0.1, 0.15) is 10.0 Å². The maximum absolute atomic E-state index is 13.9. The lowest BCUT2D eigenvalue weighted by Crippen LogP contribution is -2.40. The number of hydrogen-bond donors (Lipinski definition) is 2. The Kier molecular flexibility index (Phi) is 7.56. The topological polar surface area (TPSA) is 73.3 Å². The van der Waals surface area contributed by atoms with E-state index in [1.807, 2.05) is 6.92 Å². The first-order chi connectivity index (χ1) is 15.8. The lowest BCUT2D eigenvalue weighted by atomic mass is 9.78. The Morgan fingerprint density at radius 1 is 1.21 bits per heavy atom. The van der Waals surface area contributed by atoms with E-state index in [0.29, 0.717) is 16.2 Å². The van der Waals surface area contributed by atoms with Crippen LogP contribution in [0.2, 0.25) is 0 Å². The number of likely N-dealkylation sites (tertiary alicyclic amines) is 1. The van der Waals surface area contributed by atoms with Crippen LogP contribution in [-0.2, 0) is 16.4 Å². The molecule has 0 bridgehead atoms. The molecule has 2 unspecified atom stereocenters. The molecule has 180 valence electrons. The molecule has 1 aromatic carbocycles. The summed E-state index contributed by atoms with van der Waals surface area (Å²) in [5.41, 5.74) is 3.25. The zero-order valence-electron chi connectivity index (χ0n) is 19.4. The van der Waals surface area contributed by atoms with Crippen molar-refractivity contribution < 1.29 is 12.8 Å². The van der Waals surface area contributed by atoms with Gasteiger partial charge in [0.05, 0.1) is 5.84 Å². The summed E-state index contributed by atoms with van der Waals surface area (Å²) in [5.74, 6) is 1.93. The van der Waals surface area contributed by atoms with E-state index >= 15 is 0 Å². The fourth-order valence-electron chi connectivity index (χ4n) is 5.57. The number of hydrogen-bond acceptors (Lipinski definition) is 4. The number of nitrogens with one attached hydrogen (secondary N) is 2. The molecule has 1 saturated carbocycles. The van der Waals surface area contributed by atoms with Gasteiger partial charge in [0.15, 0.2) is 0 Å². The smallest absolute Gasteiger partial charge is 0.249 e. The van der Waals surface area contributed by atoms with E-state index in [-0.39, 0.29) is 5.82 Å². The van der Waals surface area contributed by atoms with E-state index < -0.39 is 10.0 Å². The van der Waals surface area contributed by atoms with Crippen molar-refractivity contribution in [1.29, 1.82) is 5.41 Å². The van der Waals surface area contributed by atoms with E-state index in [1.54, 1.807) is 23.6 Å². The number of halogens is 1. The Labute approximate surface area is 201 Å². The van der Waals surface area contributed by atoms with Gasteiger partial charge in [-0.15, -0.1) is 11.3 Å². The molecule has 33 heavy (non-hydrogen) atoms. The molecule has 2 aromatic rings. The van der Waals surface area contributed by atoms with Crippen LogP contribution in [0, 0.1) is 24.1 Å². The fourth-order valence-corrected chi connectivity index (χ4v) is 7.40. The quantitative estimate of drug-likeness (QED) is 0.597. The zero-order chi connectivity index (χ0) is 23.6. The summed E-state index contributed by atoms with van der Waals surface area (Å²) in [7, 11) is -1.79. The minimum atomic E-state index is -3.19. The Morgan fingerprint density at radius 2 is 1.97 bits per heavy atom. The lowest BCUT2D eigenvalue weighted by Gasteiger charge is -2.37. The highest BCUT2D eigenvalue weighted by Gasteiger charge is 2.42. The summed E-state index contributed by atoms with van der Waals surface area (Å²) in [6.45, 7) is 2.94. The molecule has 8 heteroatoms. The second kappa shape index (κ2) is 10.2. The second-order valence-corrected chi connectivity index (χ2v) is 12.5. The lowest BCUT2D eigenvalue weighted by molar-refractivity contribution is 0.220. The first kappa shape index (κ1) is 24.4. The van der Waals surface area contributed by atoms with E-state index in [2.05, 4.69) is 15.7 Å². The van der Waals surface area contributed by atoms with Crippen LogP contribution in [0.1, 0.15) is 67.6 Å². The molecule has 2 atom stereocenters. The van der Waals surface area contributed by atoms with Crippen molar-refractivity contribution >= 4 is 27.2 Å². The van der Waals surface area contributed by atoms with Crippen molar-refractivity contribution in [2.24, 2.45) is 5.92 Å². The number of benzene rings is 1. The molecule has 2 fully saturated rings. The summed E-state index contributed by atoms with van der Waals surface area (Å²) in [6, 6.07) is 7.54. The van der Waals surface area contributed by atoms with Crippen molar-refractivity contribution in [2.45, 2.75) is 74.5 Å². The van der Waals surface area contributed by atoms with Gasteiger partial charge >= 0.3 is 0 Å². The molecule has 3 aliphatic rings. The van der Waals surface area contributed by atoms with Crippen molar-refractivity contribution in [1.82, 2.24) is 9.62 Å². The molecule has 0 spiro atoms. The number of thiophene rings is 1. The fraction of sp³-hybridized carbons (Fsp3) is 0.560. The normalized spacial score (nSPS) is 23.0. The van der Waals surface area contributed by atoms with Crippen LogP contribution in [0.15, 0.2) is 33.9 Å². The van der Waals surface area contributed by atoms with Crippen LogP contribution >= 0.6 is 11.3 Å². The van der Waals surface area contributed by atoms with Gasteiger partial charge in [0.25, 0.3) is 0 Å². The molecule has 5 nitrogen and oxygen atoms in total. The average Bonchev–Trinajstić information content (AvgIpc) is 3.46. The van der Waals surface area contributed by atoms with Crippen LogP contribution in [0.3, 0.4) is 0 Å². The van der Waals surface area contributed by atoms with Gasteiger partial charge in [-0.25, -0.2) is 17.5 Å². The Morgan fingerprint density at radius 3 is 2.64 bits per heavy atom. The van der Waals surface area contributed by atoms with E-state index in [1.165, 1.54) is 61.6 Å². The average molecular weight is 492 g/mol. The molecule has 1 aliphatic heterocycles. The Balaban J connectivity index is 0.000000219. The highest BCUT2D eigenvalue weighted by Crippen LogP contribution is 2.43. The summed E-state index contributed by atoms with van der Waals surface area (Å²) in [6.07, 6.45) is 9.66. The van der Waals surface area contributed by atoms with E-state index in [0.717, 1.165) is 43.1 Å². The predicted octanol–water partition coefficient (Wildman–Crippen LogP) is 5.45. The number of fused-ring (bicyclic) bond motifs is 3. The van der Waals surface area contributed by atoms with Gasteiger partial charge in [0.2, 0.25) is 10.0 Å².